The number of nitrogens with zero attached hydrogens (tertiary/aromatic N) is 2. The van der Waals surface area contributed by atoms with Gasteiger partial charge in [0.1, 0.15) is 11.8 Å². The maximum atomic E-state index is 12.6. The smallest absolute Gasteiger partial charge is 0.261 e. The van der Waals surface area contributed by atoms with Gasteiger partial charge in [0.05, 0.1) is 20.8 Å². The molecule has 0 unspecified atom stereocenters. The quantitative estimate of drug-likeness (QED) is 0.690. The summed E-state index contributed by atoms with van der Waals surface area (Å²) in [5, 5.41) is 10.1. The Morgan fingerprint density at radius 1 is 1.11 bits per heavy atom. The molecular formula is C20H20N4O3S. The Hall–Kier alpha value is -2.74. The van der Waals surface area contributed by atoms with Gasteiger partial charge in [-0.1, -0.05) is 5.16 Å². The average Bonchev–Trinajstić information content (AvgIpc) is 3.10. The van der Waals surface area contributed by atoms with E-state index in [-0.39, 0.29) is 23.9 Å². The van der Waals surface area contributed by atoms with Crippen LogP contribution in [0.4, 0.5) is 0 Å². The number of fused-ring (bicyclic) bond motifs is 1. The molecule has 0 spiro atoms. The minimum absolute atomic E-state index is 0.0452. The molecule has 144 valence electrons. The van der Waals surface area contributed by atoms with Crippen LogP contribution in [0.15, 0.2) is 35.2 Å². The number of aromatic nitrogens is 2. The highest BCUT2D eigenvalue weighted by atomic mass is 32.1. The van der Waals surface area contributed by atoms with Crippen molar-refractivity contribution in [1.29, 1.82) is 0 Å². The molecule has 0 bridgehead atoms. The maximum absolute atomic E-state index is 12.6. The summed E-state index contributed by atoms with van der Waals surface area (Å²) in [4.78, 5) is 30.1. The number of hydrogen-bond acceptors (Lipinski definition) is 6. The van der Waals surface area contributed by atoms with Crippen LogP contribution in [0.25, 0.3) is 10.2 Å². The third-order valence-corrected chi connectivity index (χ3v) is 6.51. The van der Waals surface area contributed by atoms with Crippen molar-refractivity contribution in [2.75, 3.05) is 0 Å². The lowest BCUT2D eigenvalue weighted by molar-refractivity contribution is 0.0936. The van der Waals surface area contributed by atoms with Gasteiger partial charge in [-0.3, -0.25) is 14.6 Å². The molecule has 2 atom stereocenters. The summed E-state index contributed by atoms with van der Waals surface area (Å²) in [6, 6.07) is 5.76. The van der Waals surface area contributed by atoms with Crippen LogP contribution in [0, 0.1) is 0 Å². The Labute approximate surface area is 165 Å². The number of hydrogen-bond donors (Lipinski definition) is 2. The van der Waals surface area contributed by atoms with Crippen LogP contribution in [0.3, 0.4) is 0 Å². The van der Waals surface area contributed by atoms with Gasteiger partial charge >= 0.3 is 0 Å². The lowest BCUT2D eigenvalue weighted by atomic mass is 10.1. The number of carbonyl (C=O) groups excluding carboxylic acids is 2. The minimum atomic E-state index is -0.129. The highest BCUT2D eigenvalue weighted by Crippen LogP contribution is 2.40. The molecule has 0 radical (unpaired) electrons. The van der Waals surface area contributed by atoms with E-state index in [0.717, 1.165) is 48.0 Å². The Morgan fingerprint density at radius 2 is 1.89 bits per heavy atom. The number of carbonyl (C=O) groups is 2. The van der Waals surface area contributed by atoms with E-state index in [0.29, 0.717) is 16.4 Å². The minimum Gasteiger partial charge on any atom is -0.364 e. The average molecular weight is 396 g/mol. The van der Waals surface area contributed by atoms with Gasteiger partial charge in [0.25, 0.3) is 11.8 Å². The van der Waals surface area contributed by atoms with Crippen LogP contribution in [0.2, 0.25) is 0 Å². The van der Waals surface area contributed by atoms with E-state index in [4.69, 9.17) is 4.52 Å². The lowest BCUT2D eigenvalue weighted by Gasteiger charge is -2.14. The van der Waals surface area contributed by atoms with E-state index in [1.165, 1.54) is 17.6 Å². The number of amides is 2. The fourth-order valence-corrected chi connectivity index (χ4v) is 4.73. The van der Waals surface area contributed by atoms with Gasteiger partial charge in [-0.05, 0) is 50.3 Å². The number of nitrogens with one attached hydrogen (secondary N) is 2. The zero-order chi connectivity index (χ0) is 19.1. The zero-order valence-electron chi connectivity index (χ0n) is 15.2. The first-order valence-electron chi connectivity index (χ1n) is 9.58. The van der Waals surface area contributed by atoms with Gasteiger partial charge in [-0.15, -0.1) is 11.3 Å². The Kier molecular flexibility index (Phi) is 4.35. The van der Waals surface area contributed by atoms with Gasteiger partial charge in [-0.2, -0.15) is 0 Å². The molecule has 3 heterocycles. The van der Waals surface area contributed by atoms with Crippen LogP contribution in [-0.4, -0.2) is 34.0 Å². The van der Waals surface area contributed by atoms with Gasteiger partial charge in [0.15, 0.2) is 0 Å². The van der Waals surface area contributed by atoms with Gasteiger partial charge < -0.3 is 15.2 Å². The van der Waals surface area contributed by atoms with Gasteiger partial charge in [-0.25, -0.2) is 0 Å². The Morgan fingerprint density at radius 3 is 2.64 bits per heavy atom. The summed E-state index contributed by atoms with van der Waals surface area (Å²) in [5.74, 6) is 0.164. The van der Waals surface area contributed by atoms with Crippen LogP contribution < -0.4 is 10.6 Å². The first-order chi connectivity index (χ1) is 13.7. The molecule has 2 aliphatic carbocycles. The first kappa shape index (κ1) is 17.4. The van der Waals surface area contributed by atoms with Crippen molar-refractivity contribution in [1.82, 2.24) is 20.8 Å². The third kappa shape index (κ3) is 3.40. The zero-order valence-corrected chi connectivity index (χ0v) is 16.0. The summed E-state index contributed by atoms with van der Waals surface area (Å²) in [5.41, 5.74) is 2.17. The second-order valence-corrected chi connectivity index (χ2v) is 8.62. The molecule has 0 aliphatic heterocycles. The van der Waals surface area contributed by atoms with Crippen LogP contribution in [-0.2, 0) is 0 Å². The molecule has 2 saturated carbocycles. The second-order valence-electron chi connectivity index (χ2n) is 7.54. The molecule has 3 aromatic heterocycles. The summed E-state index contributed by atoms with van der Waals surface area (Å²) in [7, 11) is 0. The molecule has 7 nitrogen and oxygen atoms in total. The van der Waals surface area contributed by atoms with E-state index in [9.17, 15) is 9.59 Å². The molecule has 8 heteroatoms. The van der Waals surface area contributed by atoms with Crippen molar-refractivity contribution < 1.29 is 14.1 Å². The monoisotopic (exact) mass is 396 g/mol. The fourth-order valence-electron chi connectivity index (χ4n) is 3.81. The fraction of sp³-hybridized carbons (Fsp3) is 0.400. The summed E-state index contributed by atoms with van der Waals surface area (Å²) >= 11 is 1.45. The molecule has 0 saturated heterocycles. The Balaban J connectivity index is 1.18. The van der Waals surface area contributed by atoms with Gasteiger partial charge in [0, 0.05) is 24.2 Å². The second kappa shape index (κ2) is 7.01. The summed E-state index contributed by atoms with van der Waals surface area (Å²) < 4.78 is 6.01. The SMILES string of the molecule is O=C(N[C@@H]1CC[C@H](NC(=O)c2conc2C2CC2)C1)c1cc2ncccc2s1. The number of thiophene rings is 1. The third-order valence-electron chi connectivity index (χ3n) is 5.42. The first-order valence-corrected chi connectivity index (χ1v) is 10.4. The number of pyridine rings is 1. The molecule has 2 aliphatic rings. The van der Waals surface area contributed by atoms with Crippen molar-refractivity contribution in [3.05, 3.63) is 46.8 Å². The van der Waals surface area contributed by atoms with Crippen LogP contribution in [0.5, 0.6) is 0 Å². The van der Waals surface area contributed by atoms with Crippen LogP contribution >= 0.6 is 11.3 Å². The van der Waals surface area contributed by atoms with Crippen molar-refractivity contribution in [2.45, 2.75) is 50.1 Å². The van der Waals surface area contributed by atoms with E-state index in [1.54, 1.807) is 6.20 Å². The largest absolute Gasteiger partial charge is 0.364 e. The molecule has 5 rings (SSSR count). The number of rotatable bonds is 5. The summed E-state index contributed by atoms with van der Waals surface area (Å²) in [6.45, 7) is 0. The molecule has 2 fully saturated rings. The van der Waals surface area contributed by atoms with Crippen molar-refractivity contribution >= 4 is 33.4 Å². The van der Waals surface area contributed by atoms with Gasteiger partial charge in [0.2, 0.25) is 0 Å². The normalized spacial score (nSPS) is 21.7. The standard InChI is InChI=1S/C20H20N4O3S/c25-19(14-10-27-24-18(14)11-3-4-11)22-12-5-6-13(8-12)23-20(26)17-9-15-16(28-17)2-1-7-21-15/h1-2,7,9-13H,3-6,8H2,(H,22,25)(H,23,26)/t12-,13+/m0/s1. The van der Waals surface area contributed by atoms with Crippen molar-refractivity contribution in [3.8, 4) is 0 Å². The molecule has 3 aromatic rings. The van der Waals surface area contributed by atoms with E-state index < -0.39 is 0 Å². The molecule has 2 amide bonds. The molecule has 0 aromatic carbocycles. The molecule has 2 N–H and O–H groups in total. The predicted octanol–water partition coefficient (Wildman–Crippen LogP) is 3.24. The maximum Gasteiger partial charge on any atom is 0.261 e. The van der Waals surface area contributed by atoms with Crippen LogP contribution in [0.1, 0.15) is 63.7 Å². The van der Waals surface area contributed by atoms with Crippen molar-refractivity contribution in [3.63, 3.8) is 0 Å². The highest BCUT2D eigenvalue weighted by Gasteiger charge is 2.33. The molecular weight excluding hydrogens is 376 g/mol. The highest BCUT2D eigenvalue weighted by molar-refractivity contribution is 7.20. The van der Waals surface area contributed by atoms with E-state index in [1.807, 2.05) is 18.2 Å². The Bertz CT molecular complexity index is 1010. The molecule has 28 heavy (non-hydrogen) atoms. The van der Waals surface area contributed by atoms with E-state index in [2.05, 4.69) is 20.8 Å². The lowest BCUT2D eigenvalue weighted by Crippen LogP contribution is -2.37. The summed E-state index contributed by atoms with van der Waals surface area (Å²) in [6.07, 6.45) is 7.71. The predicted molar refractivity (Wildman–Crippen MR) is 104 cm³/mol. The van der Waals surface area contributed by atoms with E-state index >= 15 is 0 Å². The van der Waals surface area contributed by atoms with Crippen molar-refractivity contribution in [2.24, 2.45) is 0 Å². The topological polar surface area (TPSA) is 97.1 Å².